The summed E-state index contributed by atoms with van der Waals surface area (Å²) in [6.07, 6.45) is -4.09. The number of hydrogen-bond acceptors (Lipinski definition) is 4. The van der Waals surface area contributed by atoms with Crippen molar-refractivity contribution in [3.8, 4) is 0 Å². The highest BCUT2D eigenvalue weighted by molar-refractivity contribution is 7.89. The van der Waals surface area contributed by atoms with E-state index in [1.807, 2.05) is 6.92 Å². The van der Waals surface area contributed by atoms with Crippen LogP contribution in [0.1, 0.15) is 18.9 Å². The highest BCUT2D eigenvalue weighted by Crippen LogP contribution is 2.36. The van der Waals surface area contributed by atoms with Gasteiger partial charge in [0.05, 0.1) is 17.0 Å². The second-order valence-electron chi connectivity index (χ2n) is 4.45. The van der Waals surface area contributed by atoms with Crippen molar-refractivity contribution in [3.05, 3.63) is 23.8 Å². The second kappa shape index (κ2) is 6.97. The number of nitrogens with one attached hydrogen (secondary N) is 2. The molecule has 1 aromatic rings. The van der Waals surface area contributed by atoms with Gasteiger partial charge in [0.2, 0.25) is 15.9 Å². The van der Waals surface area contributed by atoms with Crippen molar-refractivity contribution in [2.75, 3.05) is 18.4 Å². The SMILES string of the molecule is CCCNC(=O)CNc1ccc(S(N)(=O)=O)cc1C(F)(F)F. The summed E-state index contributed by atoms with van der Waals surface area (Å²) in [5.41, 5.74) is -1.60. The van der Waals surface area contributed by atoms with Crippen molar-refractivity contribution in [1.29, 1.82) is 0 Å². The maximum Gasteiger partial charge on any atom is 0.418 e. The zero-order valence-corrected chi connectivity index (χ0v) is 12.5. The molecule has 0 spiro atoms. The topological polar surface area (TPSA) is 101 Å². The Hall–Kier alpha value is -1.81. The molecule has 0 heterocycles. The Balaban J connectivity index is 3.02. The van der Waals surface area contributed by atoms with Crippen LogP contribution in [0.25, 0.3) is 0 Å². The molecule has 0 aromatic heterocycles. The summed E-state index contributed by atoms with van der Waals surface area (Å²) in [7, 11) is -4.25. The number of carbonyl (C=O) groups excluding carboxylic acids is 1. The lowest BCUT2D eigenvalue weighted by atomic mass is 10.1. The fourth-order valence-electron chi connectivity index (χ4n) is 1.59. The van der Waals surface area contributed by atoms with Gasteiger partial charge in [0.25, 0.3) is 0 Å². The molecule has 124 valence electrons. The van der Waals surface area contributed by atoms with Gasteiger partial charge in [-0.15, -0.1) is 0 Å². The van der Waals surface area contributed by atoms with Crippen LogP contribution in [0.2, 0.25) is 0 Å². The summed E-state index contributed by atoms with van der Waals surface area (Å²) in [5, 5.41) is 9.65. The van der Waals surface area contributed by atoms with E-state index < -0.39 is 38.3 Å². The molecule has 0 fully saturated rings. The van der Waals surface area contributed by atoms with E-state index in [1.165, 1.54) is 0 Å². The van der Waals surface area contributed by atoms with Gasteiger partial charge < -0.3 is 10.6 Å². The van der Waals surface area contributed by atoms with Gasteiger partial charge in [0, 0.05) is 12.2 Å². The van der Waals surface area contributed by atoms with Gasteiger partial charge in [-0.25, -0.2) is 13.6 Å². The molecule has 10 heteroatoms. The van der Waals surface area contributed by atoms with E-state index in [0.29, 0.717) is 19.0 Å². The number of hydrogen-bond donors (Lipinski definition) is 3. The van der Waals surface area contributed by atoms with E-state index in [4.69, 9.17) is 5.14 Å². The van der Waals surface area contributed by atoms with Crippen molar-refractivity contribution in [1.82, 2.24) is 5.32 Å². The molecule has 0 unspecified atom stereocenters. The normalized spacial score (nSPS) is 12.0. The Morgan fingerprint density at radius 3 is 2.45 bits per heavy atom. The highest BCUT2D eigenvalue weighted by atomic mass is 32.2. The van der Waals surface area contributed by atoms with Gasteiger partial charge >= 0.3 is 6.18 Å². The summed E-state index contributed by atoms with van der Waals surface area (Å²) >= 11 is 0. The van der Waals surface area contributed by atoms with Crippen LogP contribution in [-0.2, 0) is 21.0 Å². The average Bonchev–Trinajstić information content (AvgIpc) is 2.40. The van der Waals surface area contributed by atoms with Gasteiger partial charge in [-0.3, -0.25) is 4.79 Å². The van der Waals surface area contributed by atoms with E-state index in [-0.39, 0.29) is 6.54 Å². The first-order valence-electron chi connectivity index (χ1n) is 6.30. The van der Waals surface area contributed by atoms with Gasteiger partial charge in [-0.05, 0) is 24.6 Å². The number of primary sulfonamides is 1. The van der Waals surface area contributed by atoms with Crippen LogP contribution in [0, 0.1) is 0 Å². The Morgan fingerprint density at radius 1 is 1.32 bits per heavy atom. The minimum absolute atomic E-state index is 0.363. The molecule has 0 aliphatic rings. The molecule has 0 atom stereocenters. The van der Waals surface area contributed by atoms with Crippen LogP contribution in [0.5, 0.6) is 0 Å². The number of amides is 1. The Morgan fingerprint density at radius 2 is 1.95 bits per heavy atom. The van der Waals surface area contributed by atoms with Gasteiger partial charge in [0.1, 0.15) is 0 Å². The van der Waals surface area contributed by atoms with E-state index in [0.717, 1.165) is 12.1 Å². The molecule has 0 saturated heterocycles. The molecule has 4 N–H and O–H groups in total. The molecular weight excluding hydrogens is 323 g/mol. The number of nitrogens with two attached hydrogens (primary N) is 1. The highest BCUT2D eigenvalue weighted by Gasteiger charge is 2.34. The fraction of sp³-hybridized carbons (Fsp3) is 0.417. The lowest BCUT2D eigenvalue weighted by molar-refractivity contribution is -0.137. The first-order chi connectivity index (χ1) is 10.1. The Labute approximate surface area is 125 Å². The molecule has 0 aliphatic carbocycles. The number of rotatable bonds is 6. The monoisotopic (exact) mass is 339 g/mol. The maximum absolute atomic E-state index is 13.0. The number of benzene rings is 1. The zero-order chi connectivity index (χ0) is 17.0. The number of sulfonamides is 1. The van der Waals surface area contributed by atoms with Crippen molar-refractivity contribution in [3.63, 3.8) is 0 Å². The molecule has 0 bridgehead atoms. The van der Waals surface area contributed by atoms with Gasteiger partial charge in [0.15, 0.2) is 0 Å². The smallest absolute Gasteiger partial charge is 0.376 e. The van der Waals surface area contributed by atoms with Crippen molar-refractivity contribution in [2.24, 2.45) is 5.14 Å². The van der Waals surface area contributed by atoms with Gasteiger partial charge in [-0.2, -0.15) is 13.2 Å². The van der Waals surface area contributed by atoms with Crippen molar-refractivity contribution < 1.29 is 26.4 Å². The second-order valence-corrected chi connectivity index (χ2v) is 6.02. The largest absolute Gasteiger partial charge is 0.418 e. The average molecular weight is 339 g/mol. The number of carbonyl (C=O) groups is 1. The number of halogens is 3. The molecule has 0 radical (unpaired) electrons. The maximum atomic E-state index is 13.0. The third kappa shape index (κ3) is 5.19. The van der Waals surface area contributed by atoms with E-state index in [2.05, 4.69) is 10.6 Å². The fourth-order valence-corrected chi connectivity index (χ4v) is 2.13. The molecule has 0 saturated carbocycles. The van der Waals surface area contributed by atoms with E-state index >= 15 is 0 Å². The summed E-state index contributed by atoms with van der Waals surface area (Å²) in [4.78, 5) is 10.7. The summed E-state index contributed by atoms with van der Waals surface area (Å²) in [6, 6.07) is 2.30. The molecule has 1 amide bonds. The van der Waals surface area contributed by atoms with E-state index in [1.54, 1.807) is 0 Å². The zero-order valence-electron chi connectivity index (χ0n) is 11.7. The van der Waals surface area contributed by atoms with Crippen LogP contribution in [-0.4, -0.2) is 27.4 Å². The Bertz CT molecular complexity index is 645. The molecule has 6 nitrogen and oxygen atoms in total. The van der Waals surface area contributed by atoms with Crippen molar-refractivity contribution in [2.45, 2.75) is 24.4 Å². The first kappa shape index (κ1) is 18.2. The summed E-state index contributed by atoms with van der Waals surface area (Å²) in [6.45, 7) is 1.89. The van der Waals surface area contributed by atoms with Crippen LogP contribution < -0.4 is 15.8 Å². The third-order valence-corrected chi connectivity index (χ3v) is 3.55. The molecule has 1 rings (SSSR count). The predicted octanol–water partition coefficient (Wildman–Crippen LogP) is 1.29. The minimum Gasteiger partial charge on any atom is -0.376 e. The molecular formula is C12H16F3N3O3S. The summed E-state index contributed by atoms with van der Waals surface area (Å²) < 4.78 is 61.2. The van der Waals surface area contributed by atoms with Crippen molar-refractivity contribution >= 4 is 21.6 Å². The quantitative estimate of drug-likeness (QED) is 0.727. The Kier molecular flexibility index (Phi) is 5.78. The standard InChI is InChI=1S/C12H16F3N3O3S/c1-2-5-17-11(19)7-18-10-4-3-8(22(16,20)21)6-9(10)12(13,14)15/h3-4,6,18H,2,5,7H2,1H3,(H,17,19)(H2,16,20,21). The van der Waals surface area contributed by atoms with Gasteiger partial charge in [-0.1, -0.05) is 6.92 Å². The minimum atomic E-state index is -4.79. The van der Waals surface area contributed by atoms with Crippen LogP contribution in [0.15, 0.2) is 23.1 Å². The van der Waals surface area contributed by atoms with Crippen LogP contribution in [0.4, 0.5) is 18.9 Å². The molecule has 22 heavy (non-hydrogen) atoms. The number of anilines is 1. The lowest BCUT2D eigenvalue weighted by Crippen LogP contribution is -2.30. The molecule has 1 aromatic carbocycles. The summed E-state index contributed by atoms with van der Waals surface area (Å²) in [5.74, 6) is -0.467. The first-order valence-corrected chi connectivity index (χ1v) is 7.85. The molecule has 0 aliphatic heterocycles. The van der Waals surface area contributed by atoms with Crippen LogP contribution in [0.3, 0.4) is 0 Å². The lowest BCUT2D eigenvalue weighted by Gasteiger charge is -2.15. The van der Waals surface area contributed by atoms with E-state index in [9.17, 15) is 26.4 Å². The number of alkyl halides is 3. The third-order valence-electron chi connectivity index (χ3n) is 2.64. The predicted molar refractivity (Wildman–Crippen MR) is 74.6 cm³/mol. The van der Waals surface area contributed by atoms with Crippen LogP contribution >= 0.6 is 0 Å².